The van der Waals surface area contributed by atoms with Gasteiger partial charge in [0.15, 0.2) is 0 Å². The molecule has 19 heavy (non-hydrogen) atoms. The normalized spacial score (nSPS) is 28.1. The smallest absolute Gasteiger partial charge is 0.223 e. The SMILES string of the molecule is Cc1nc(CN2CC[C@]3(CCCO3)CCC2=O)cs1. The van der Waals surface area contributed by atoms with Crippen molar-refractivity contribution >= 4 is 17.2 Å². The second-order valence-electron chi connectivity index (χ2n) is 5.56. The van der Waals surface area contributed by atoms with E-state index in [4.69, 9.17) is 4.74 Å². The first kappa shape index (κ1) is 13.1. The lowest BCUT2D eigenvalue weighted by molar-refractivity contribution is -0.131. The van der Waals surface area contributed by atoms with Gasteiger partial charge < -0.3 is 9.64 Å². The highest BCUT2D eigenvalue weighted by molar-refractivity contribution is 7.09. The Hall–Kier alpha value is -0.940. The summed E-state index contributed by atoms with van der Waals surface area (Å²) in [6.07, 6.45) is 4.73. The molecule has 2 fully saturated rings. The van der Waals surface area contributed by atoms with E-state index in [1.165, 1.54) is 0 Å². The number of rotatable bonds is 2. The lowest BCUT2D eigenvalue weighted by Gasteiger charge is -2.26. The zero-order chi connectivity index (χ0) is 13.3. The predicted octanol–water partition coefficient (Wildman–Crippen LogP) is 2.51. The molecule has 0 radical (unpaired) electrons. The van der Waals surface area contributed by atoms with Crippen LogP contribution in [0.25, 0.3) is 0 Å². The molecule has 104 valence electrons. The fraction of sp³-hybridized carbons (Fsp3) is 0.714. The van der Waals surface area contributed by atoms with Gasteiger partial charge in [0, 0.05) is 25.0 Å². The van der Waals surface area contributed by atoms with Crippen LogP contribution >= 0.6 is 11.3 Å². The topological polar surface area (TPSA) is 42.4 Å². The number of hydrogen-bond donors (Lipinski definition) is 0. The Balaban J connectivity index is 1.67. The Morgan fingerprint density at radius 2 is 2.37 bits per heavy atom. The Bertz CT molecular complexity index is 466. The molecule has 3 rings (SSSR count). The van der Waals surface area contributed by atoms with Gasteiger partial charge in [0.2, 0.25) is 5.91 Å². The van der Waals surface area contributed by atoms with Crippen LogP contribution in [-0.2, 0) is 16.1 Å². The maximum Gasteiger partial charge on any atom is 0.223 e. The Morgan fingerprint density at radius 3 is 3.05 bits per heavy atom. The predicted molar refractivity (Wildman–Crippen MR) is 74.0 cm³/mol. The summed E-state index contributed by atoms with van der Waals surface area (Å²) in [5, 5.41) is 3.11. The van der Waals surface area contributed by atoms with Gasteiger partial charge in [0.1, 0.15) is 0 Å². The largest absolute Gasteiger partial charge is 0.375 e. The first-order valence-electron chi connectivity index (χ1n) is 7.00. The number of aryl methyl sites for hydroxylation is 1. The van der Waals surface area contributed by atoms with Gasteiger partial charge in [0.25, 0.3) is 0 Å². The summed E-state index contributed by atoms with van der Waals surface area (Å²) in [7, 11) is 0. The zero-order valence-corrected chi connectivity index (χ0v) is 12.2. The van der Waals surface area contributed by atoms with E-state index in [-0.39, 0.29) is 11.5 Å². The van der Waals surface area contributed by atoms with Gasteiger partial charge in [0.05, 0.1) is 22.8 Å². The van der Waals surface area contributed by atoms with Gasteiger partial charge in [-0.25, -0.2) is 4.98 Å². The lowest BCUT2D eigenvalue weighted by atomic mass is 9.92. The number of amides is 1. The van der Waals surface area contributed by atoms with Gasteiger partial charge in [-0.05, 0) is 32.6 Å². The first-order chi connectivity index (χ1) is 9.17. The van der Waals surface area contributed by atoms with Crippen LogP contribution in [0.3, 0.4) is 0 Å². The number of likely N-dealkylation sites (tertiary alicyclic amines) is 1. The molecule has 4 nitrogen and oxygen atoms in total. The minimum Gasteiger partial charge on any atom is -0.375 e. The van der Waals surface area contributed by atoms with Crippen molar-refractivity contribution in [2.75, 3.05) is 13.2 Å². The standard InChI is InChI=1S/C14H20N2O2S/c1-11-15-12(10-19-11)9-16-7-6-14(4-2-8-18-14)5-3-13(16)17/h10H,2-9H2,1H3/t14-/m0/s1. The second kappa shape index (κ2) is 5.21. The van der Waals surface area contributed by atoms with Crippen molar-refractivity contribution in [3.05, 3.63) is 16.1 Å². The molecule has 0 unspecified atom stereocenters. The van der Waals surface area contributed by atoms with Crippen molar-refractivity contribution in [1.29, 1.82) is 0 Å². The summed E-state index contributed by atoms with van der Waals surface area (Å²) in [5.41, 5.74) is 1.00. The average Bonchev–Trinajstić information content (AvgIpc) is 2.98. The van der Waals surface area contributed by atoms with Crippen LogP contribution in [0.2, 0.25) is 0 Å². The number of nitrogens with zero attached hydrogens (tertiary/aromatic N) is 2. The van der Waals surface area contributed by atoms with E-state index in [2.05, 4.69) is 10.4 Å². The molecule has 0 saturated carbocycles. The van der Waals surface area contributed by atoms with Gasteiger partial charge in [-0.15, -0.1) is 11.3 Å². The summed E-state index contributed by atoms with van der Waals surface area (Å²) < 4.78 is 5.92. The monoisotopic (exact) mass is 280 g/mol. The second-order valence-corrected chi connectivity index (χ2v) is 6.62. The van der Waals surface area contributed by atoms with Crippen molar-refractivity contribution in [2.24, 2.45) is 0 Å². The van der Waals surface area contributed by atoms with E-state index in [1.807, 2.05) is 11.8 Å². The highest BCUT2D eigenvalue weighted by Crippen LogP contribution is 2.36. The van der Waals surface area contributed by atoms with Crippen LogP contribution in [0, 0.1) is 6.92 Å². The molecule has 1 spiro atoms. The van der Waals surface area contributed by atoms with E-state index in [0.717, 1.165) is 49.5 Å². The summed E-state index contributed by atoms with van der Waals surface area (Å²) >= 11 is 1.64. The summed E-state index contributed by atoms with van der Waals surface area (Å²) in [6.45, 7) is 4.31. The molecule has 1 amide bonds. The maximum atomic E-state index is 12.2. The molecule has 0 aliphatic carbocycles. The number of carbonyl (C=O) groups excluding carboxylic acids is 1. The molecule has 2 aliphatic heterocycles. The molecule has 2 aliphatic rings. The fourth-order valence-electron chi connectivity index (χ4n) is 3.07. The van der Waals surface area contributed by atoms with Crippen molar-refractivity contribution < 1.29 is 9.53 Å². The van der Waals surface area contributed by atoms with Crippen LogP contribution in [0.4, 0.5) is 0 Å². The van der Waals surface area contributed by atoms with E-state index in [0.29, 0.717) is 13.0 Å². The molecule has 2 saturated heterocycles. The third-order valence-corrected chi connectivity index (χ3v) is 5.01. The van der Waals surface area contributed by atoms with Gasteiger partial charge in [-0.3, -0.25) is 4.79 Å². The number of ether oxygens (including phenoxy) is 1. The number of carbonyl (C=O) groups is 1. The number of thiazole rings is 1. The molecule has 3 heterocycles. The molecule has 5 heteroatoms. The minimum atomic E-state index is -0.0115. The summed E-state index contributed by atoms with van der Waals surface area (Å²) in [6, 6.07) is 0. The van der Waals surface area contributed by atoms with Crippen molar-refractivity contribution in [1.82, 2.24) is 9.88 Å². The van der Waals surface area contributed by atoms with Crippen LogP contribution in [0.1, 0.15) is 42.8 Å². The summed E-state index contributed by atoms with van der Waals surface area (Å²) in [4.78, 5) is 18.6. The highest BCUT2D eigenvalue weighted by atomic mass is 32.1. The van der Waals surface area contributed by atoms with E-state index in [1.54, 1.807) is 11.3 Å². The highest BCUT2D eigenvalue weighted by Gasteiger charge is 2.38. The molecular formula is C14H20N2O2S. The molecule has 0 bridgehead atoms. The Morgan fingerprint density at radius 1 is 1.47 bits per heavy atom. The first-order valence-corrected chi connectivity index (χ1v) is 7.88. The molecule has 0 N–H and O–H groups in total. The van der Waals surface area contributed by atoms with Crippen LogP contribution in [0.5, 0.6) is 0 Å². The van der Waals surface area contributed by atoms with E-state index < -0.39 is 0 Å². The van der Waals surface area contributed by atoms with Crippen LogP contribution < -0.4 is 0 Å². The third kappa shape index (κ3) is 2.82. The minimum absolute atomic E-state index is 0.0115. The Kier molecular flexibility index (Phi) is 3.58. The van der Waals surface area contributed by atoms with Gasteiger partial charge >= 0.3 is 0 Å². The van der Waals surface area contributed by atoms with Crippen LogP contribution in [0.15, 0.2) is 5.38 Å². The van der Waals surface area contributed by atoms with Crippen molar-refractivity contribution in [3.8, 4) is 0 Å². The third-order valence-electron chi connectivity index (χ3n) is 4.19. The molecule has 1 aromatic heterocycles. The maximum absolute atomic E-state index is 12.2. The summed E-state index contributed by atoms with van der Waals surface area (Å²) in [5.74, 6) is 0.248. The molecule has 1 aromatic rings. The molecule has 1 atom stereocenters. The number of hydrogen-bond acceptors (Lipinski definition) is 4. The lowest BCUT2D eigenvalue weighted by Crippen LogP contribution is -2.32. The zero-order valence-electron chi connectivity index (χ0n) is 11.4. The van der Waals surface area contributed by atoms with Gasteiger partial charge in [-0.2, -0.15) is 0 Å². The number of aromatic nitrogens is 1. The van der Waals surface area contributed by atoms with Crippen molar-refractivity contribution in [3.63, 3.8) is 0 Å². The van der Waals surface area contributed by atoms with E-state index >= 15 is 0 Å². The average molecular weight is 280 g/mol. The quantitative estimate of drug-likeness (QED) is 0.836. The van der Waals surface area contributed by atoms with Crippen LogP contribution in [-0.4, -0.2) is 34.5 Å². The molecule has 0 aromatic carbocycles. The van der Waals surface area contributed by atoms with E-state index in [9.17, 15) is 4.79 Å². The van der Waals surface area contributed by atoms with Gasteiger partial charge in [-0.1, -0.05) is 0 Å². The van der Waals surface area contributed by atoms with Crippen molar-refractivity contribution in [2.45, 2.75) is 51.2 Å². The molecular weight excluding hydrogens is 260 g/mol. The Labute approximate surface area is 117 Å². The fourth-order valence-corrected chi connectivity index (χ4v) is 3.68.